The minimum absolute atomic E-state index is 0.581. The maximum atomic E-state index is 12.0. The molecule has 0 atom stereocenters. The molecule has 0 saturated carbocycles. The number of ether oxygens (including phenoxy) is 1. The summed E-state index contributed by atoms with van der Waals surface area (Å²) in [5.41, 5.74) is 7.74. The summed E-state index contributed by atoms with van der Waals surface area (Å²) < 4.78 is 7.31. The first-order chi connectivity index (χ1) is 13.0. The van der Waals surface area contributed by atoms with Gasteiger partial charge < -0.3 is 4.74 Å². The monoisotopic (exact) mass is 376 g/mol. The van der Waals surface area contributed by atoms with Crippen LogP contribution in [-0.2, 0) is 0 Å². The number of aromatic nitrogens is 2. The molecule has 27 heavy (non-hydrogen) atoms. The number of fused-ring (bicyclic) bond motifs is 1. The van der Waals surface area contributed by atoms with E-state index in [2.05, 4.69) is 32.0 Å². The highest BCUT2D eigenvalue weighted by molar-refractivity contribution is 7.15. The third-order valence-corrected chi connectivity index (χ3v) is 5.81. The van der Waals surface area contributed by atoms with Crippen LogP contribution in [0.3, 0.4) is 0 Å². The summed E-state index contributed by atoms with van der Waals surface area (Å²) >= 11 is 1.54. The second-order valence-electron chi connectivity index (χ2n) is 6.69. The van der Waals surface area contributed by atoms with E-state index in [4.69, 9.17) is 9.72 Å². The molecule has 0 spiro atoms. The van der Waals surface area contributed by atoms with Crippen LogP contribution in [0.5, 0.6) is 5.75 Å². The molecule has 0 aliphatic carbocycles. The molecule has 4 aromatic rings. The molecule has 4 nitrogen and oxygen atoms in total. The Kier molecular flexibility index (Phi) is 4.32. The molecule has 2 aromatic heterocycles. The van der Waals surface area contributed by atoms with E-state index in [1.807, 2.05) is 34.9 Å². The van der Waals surface area contributed by atoms with Crippen LogP contribution in [0.1, 0.15) is 27.2 Å². The first kappa shape index (κ1) is 17.5. The number of rotatable bonds is 4. The summed E-state index contributed by atoms with van der Waals surface area (Å²) in [7, 11) is 1.67. The lowest BCUT2D eigenvalue weighted by atomic mass is 10.0. The molecule has 0 bridgehead atoms. The number of aldehydes is 1. The molecular weight excluding hydrogens is 356 g/mol. The number of imidazole rings is 1. The number of benzene rings is 2. The standard InChI is InChI=1S/C22H20N2O2S/c1-13-5-6-17(9-14(13)2)21-18(11-25)24-19(12-27-22(24)23-21)16-7-8-20(26-4)15(3)10-16/h5-12H,1-4H3. The maximum Gasteiger partial charge on any atom is 0.195 e. The van der Waals surface area contributed by atoms with Crippen LogP contribution in [0.2, 0.25) is 0 Å². The molecule has 2 aromatic carbocycles. The van der Waals surface area contributed by atoms with Crippen LogP contribution in [0, 0.1) is 20.8 Å². The third kappa shape index (κ3) is 2.84. The van der Waals surface area contributed by atoms with E-state index >= 15 is 0 Å². The Morgan fingerprint density at radius 1 is 1.00 bits per heavy atom. The van der Waals surface area contributed by atoms with Gasteiger partial charge >= 0.3 is 0 Å². The van der Waals surface area contributed by atoms with E-state index in [0.29, 0.717) is 5.69 Å². The average molecular weight is 376 g/mol. The molecule has 0 fully saturated rings. The lowest BCUT2D eigenvalue weighted by Crippen LogP contribution is -1.95. The smallest absolute Gasteiger partial charge is 0.195 e. The number of carbonyl (C=O) groups excluding carboxylic acids is 1. The number of nitrogens with zero attached hydrogens (tertiary/aromatic N) is 2. The summed E-state index contributed by atoms with van der Waals surface area (Å²) in [4.78, 5) is 17.6. The van der Waals surface area contributed by atoms with Crippen molar-refractivity contribution >= 4 is 22.6 Å². The van der Waals surface area contributed by atoms with Gasteiger partial charge in [0, 0.05) is 10.9 Å². The predicted molar refractivity (Wildman–Crippen MR) is 110 cm³/mol. The van der Waals surface area contributed by atoms with Gasteiger partial charge in [-0.05, 0) is 67.3 Å². The van der Waals surface area contributed by atoms with Crippen LogP contribution >= 0.6 is 11.3 Å². The highest BCUT2D eigenvalue weighted by Gasteiger charge is 2.19. The fourth-order valence-corrected chi connectivity index (χ4v) is 4.23. The van der Waals surface area contributed by atoms with Crippen LogP contribution < -0.4 is 4.74 Å². The van der Waals surface area contributed by atoms with Gasteiger partial charge in [-0.25, -0.2) is 4.98 Å². The Morgan fingerprint density at radius 2 is 1.74 bits per heavy atom. The van der Waals surface area contributed by atoms with Gasteiger partial charge in [-0.3, -0.25) is 9.20 Å². The van der Waals surface area contributed by atoms with Crippen LogP contribution in [0.25, 0.3) is 27.5 Å². The number of aryl methyl sites for hydroxylation is 3. The number of hydrogen-bond donors (Lipinski definition) is 0. The van der Waals surface area contributed by atoms with Gasteiger partial charge in [-0.15, -0.1) is 11.3 Å². The lowest BCUT2D eigenvalue weighted by molar-refractivity contribution is 0.111. The SMILES string of the molecule is COc1ccc(-c2csc3nc(-c4ccc(C)c(C)c4)c(C=O)n23)cc1C. The van der Waals surface area contributed by atoms with Crippen molar-refractivity contribution in [3.8, 4) is 28.3 Å². The summed E-state index contributed by atoms with van der Waals surface area (Å²) in [6.07, 6.45) is 0.900. The molecule has 0 amide bonds. The highest BCUT2D eigenvalue weighted by Crippen LogP contribution is 2.34. The Balaban J connectivity index is 1.92. The maximum absolute atomic E-state index is 12.0. The number of methoxy groups -OCH3 is 1. The minimum atomic E-state index is 0.581. The van der Waals surface area contributed by atoms with Crippen molar-refractivity contribution in [2.45, 2.75) is 20.8 Å². The molecule has 0 radical (unpaired) electrons. The van der Waals surface area contributed by atoms with Gasteiger partial charge in [0.2, 0.25) is 0 Å². The zero-order chi connectivity index (χ0) is 19.1. The van der Waals surface area contributed by atoms with Crippen molar-refractivity contribution in [3.05, 3.63) is 64.2 Å². The highest BCUT2D eigenvalue weighted by atomic mass is 32.1. The topological polar surface area (TPSA) is 43.6 Å². The van der Waals surface area contributed by atoms with Gasteiger partial charge in [0.1, 0.15) is 17.1 Å². The second kappa shape index (κ2) is 6.67. The van der Waals surface area contributed by atoms with E-state index in [-0.39, 0.29) is 0 Å². The Bertz CT molecular complexity index is 1170. The Hall–Kier alpha value is -2.92. The quantitative estimate of drug-likeness (QED) is 0.443. The molecular formula is C22H20N2O2S. The number of hydrogen-bond acceptors (Lipinski definition) is 4. The number of carbonyl (C=O) groups is 1. The van der Waals surface area contributed by atoms with Gasteiger partial charge in [0.15, 0.2) is 11.2 Å². The summed E-state index contributed by atoms with van der Waals surface area (Å²) in [6.45, 7) is 6.17. The fraction of sp³-hybridized carbons (Fsp3) is 0.182. The zero-order valence-corrected chi connectivity index (χ0v) is 16.6. The van der Waals surface area contributed by atoms with Gasteiger partial charge in [-0.1, -0.05) is 12.1 Å². The lowest BCUT2D eigenvalue weighted by Gasteiger charge is -2.08. The zero-order valence-electron chi connectivity index (χ0n) is 15.7. The van der Waals surface area contributed by atoms with Gasteiger partial charge in [0.05, 0.1) is 12.8 Å². The second-order valence-corrected chi connectivity index (χ2v) is 7.52. The molecule has 5 heteroatoms. The molecule has 136 valence electrons. The van der Waals surface area contributed by atoms with E-state index < -0.39 is 0 Å². The van der Waals surface area contributed by atoms with E-state index in [0.717, 1.165) is 45.1 Å². The van der Waals surface area contributed by atoms with E-state index in [1.54, 1.807) is 7.11 Å². The largest absolute Gasteiger partial charge is 0.496 e. The van der Waals surface area contributed by atoms with Crippen molar-refractivity contribution in [2.75, 3.05) is 7.11 Å². The van der Waals surface area contributed by atoms with Gasteiger partial charge in [-0.2, -0.15) is 0 Å². The number of thiazole rings is 1. The fourth-order valence-electron chi connectivity index (χ4n) is 3.33. The van der Waals surface area contributed by atoms with E-state index in [1.165, 1.54) is 22.5 Å². The molecule has 0 aliphatic rings. The predicted octanol–water partition coefficient (Wildman–Crippen LogP) is 5.48. The van der Waals surface area contributed by atoms with Crippen molar-refractivity contribution < 1.29 is 9.53 Å². The summed E-state index contributed by atoms with van der Waals surface area (Å²) in [5.74, 6) is 0.849. The first-order valence-corrected chi connectivity index (χ1v) is 9.59. The van der Waals surface area contributed by atoms with Crippen molar-refractivity contribution in [1.82, 2.24) is 9.38 Å². The van der Waals surface area contributed by atoms with Crippen LogP contribution in [0.15, 0.2) is 41.8 Å². The normalized spacial score (nSPS) is 11.1. The van der Waals surface area contributed by atoms with Crippen LogP contribution in [-0.4, -0.2) is 22.8 Å². The molecule has 2 heterocycles. The molecule has 0 aliphatic heterocycles. The van der Waals surface area contributed by atoms with Crippen molar-refractivity contribution in [3.63, 3.8) is 0 Å². The minimum Gasteiger partial charge on any atom is -0.496 e. The van der Waals surface area contributed by atoms with E-state index in [9.17, 15) is 4.79 Å². The molecule has 0 unspecified atom stereocenters. The summed E-state index contributed by atoms with van der Waals surface area (Å²) in [6, 6.07) is 12.2. The molecule has 4 rings (SSSR count). The van der Waals surface area contributed by atoms with Crippen molar-refractivity contribution in [1.29, 1.82) is 0 Å². The third-order valence-electron chi connectivity index (χ3n) is 4.98. The van der Waals surface area contributed by atoms with Crippen molar-refractivity contribution in [2.24, 2.45) is 0 Å². The van der Waals surface area contributed by atoms with Crippen LogP contribution in [0.4, 0.5) is 0 Å². The van der Waals surface area contributed by atoms with Gasteiger partial charge in [0.25, 0.3) is 0 Å². The molecule has 0 saturated heterocycles. The average Bonchev–Trinajstić information content (AvgIpc) is 3.22. The molecule has 0 N–H and O–H groups in total. The first-order valence-electron chi connectivity index (χ1n) is 8.71. The summed E-state index contributed by atoms with van der Waals surface area (Å²) in [5, 5.41) is 2.04. The Morgan fingerprint density at radius 3 is 2.41 bits per heavy atom. The Labute approximate surface area is 162 Å².